The van der Waals surface area contributed by atoms with E-state index in [1.807, 2.05) is 12.1 Å². The van der Waals surface area contributed by atoms with Crippen molar-refractivity contribution in [3.63, 3.8) is 0 Å². The van der Waals surface area contributed by atoms with Crippen LogP contribution < -0.4 is 4.72 Å². The Morgan fingerprint density at radius 2 is 1.95 bits per heavy atom. The number of aromatic nitrogens is 1. The number of aryl methyl sites for hydroxylation is 1. The largest absolute Gasteiger partial charge is 0.391 e. The fourth-order valence-corrected chi connectivity index (χ4v) is 3.70. The van der Waals surface area contributed by atoms with E-state index in [9.17, 15) is 13.5 Å². The van der Waals surface area contributed by atoms with Crippen LogP contribution in [0.2, 0.25) is 0 Å². The molecule has 6 heteroatoms. The van der Waals surface area contributed by atoms with Gasteiger partial charge < -0.3 is 5.11 Å². The second-order valence-corrected chi connectivity index (χ2v) is 6.87. The van der Waals surface area contributed by atoms with E-state index in [4.69, 9.17) is 0 Å². The average Bonchev–Trinajstić information content (AvgIpc) is 2.40. The molecule has 1 aliphatic rings. The van der Waals surface area contributed by atoms with Gasteiger partial charge in [0.2, 0.25) is 10.0 Å². The summed E-state index contributed by atoms with van der Waals surface area (Å²) in [6.45, 7) is 0. The van der Waals surface area contributed by atoms with Gasteiger partial charge in [0, 0.05) is 18.4 Å². The van der Waals surface area contributed by atoms with Crippen LogP contribution in [0.15, 0.2) is 24.5 Å². The second-order valence-electron chi connectivity index (χ2n) is 5.00. The maximum atomic E-state index is 12.0. The predicted molar refractivity (Wildman–Crippen MR) is 73.1 cm³/mol. The van der Waals surface area contributed by atoms with E-state index in [0.29, 0.717) is 12.8 Å². The monoisotopic (exact) mass is 284 g/mol. The first-order valence-corrected chi connectivity index (χ1v) is 8.29. The number of nitrogens with zero attached hydrogens (tertiary/aromatic N) is 1. The van der Waals surface area contributed by atoms with Gasteiger partial charge >= 0.3 is 0 Å². The molecule has 1 saturated carbocycles. The summed E-state index contributed by atoms with van der Waals surface area (Å²) in [4.78, 5) is 3.90. The van der Waals surface area contributed by atoms with E-state index < -0.39 is 16.1 Å². The lowest BCUT2D eigenvalue weighted by Crippen LogP contribution is -2.45. The highest BCUT2D eigenvalue weighted by Gasteiger charge is 2.26. The first-order chi connectivity index (χ1) is 9.07. The Bertz CT molecular complexity index is 490. The molecule has 0 bridgehead atoms. The van der Waals surface area contributed by atoms with E-state index in [0.717, 1.165) is 24.8 Å². The second kappa shape index (κ2) is 6.45. The molecule has 0 aliphatic heterocycles. The van der Waals surface area contributed by atoms with Gasteiger partial charge in [0.1, 0.15) is 0 Å². The summed E-state index contributed by atoms with van der Waals surface area (Å²) in [5, 5.41) is 9.78. The minimum Gasteiger partial charge on any atom is -0.391 e. The molecule has 0 spiro atoms. The summed E-state index contributed by atoms with van der Waals surface area (Å²) in [7, 11) is -3.34. The number of rotatable bonds is 5. The van der Waals surface area contributed by atoms with Gasteiger partial charge in [-0.15, -0.1) is 0 Å². The summed E-state index contributed by atoms with van der Waals surface area (Å²) < 4.78 is 26.6. The zero-order valence-corrected chi connectivity index (χ0v) is 11.6. The number of sulfonamides is 1. The summed E-state index contributed by atoms with van der Waals surface area (Å²) in [6, 6.07) is 3.30. The minimum absolute atomic E-state index is 0.0419. The Labute approximate surface area is 114 Å². The SMILES string of the molecule is O=S(=O)(CCc1ccncc1)N[C@H]1CCCC[C@@H]1O. The van der Waals surface area contributed by atoms with Crippen molar-refractivity contribution in [1.29, 1.82) is 0 Å². The quantitative estimate of drug-likeness (QED) is 0.840. The molecular weight excluding hydrogens is 264 g/mol. The van der Waals surface area contributed by atoms with Crippen molar-refractivity contribution in [2.45, 2.75) is 44.2 Å². The Kier molecular flexibility index (Phi) is 4.90. The fraction of sp³-hybridized carbons (Fsp3) is 0.615. The van der Waals surface area contributed by atoms with Crippen molar-refractivity contribution in [2.24, 2.45) is 0 Å². The summed E-state index contributed by atoms with van der Waals surface area (Å²) in [6.07, 6.45) is 6.55. The topological polar surface area (TPSA) is 79.3 Å². The van der Waals surface area contributed by atoms with Gasteiger partial charge in [0.05, 0.1) is 11.9 Å². The van der Waals surface area contributed by atoms with Crippen molar-refractivity contribution in [3.8, 4) is 0 Å². The summed E-state index contributed by atoms with van der Waals surface area (Å²) in [5.41, 5.74) is 0.949. The van der Waals surface area contributed by atoms with E-state index in [1.165, 1.54) is 0 Å². The lowest BCUT2D eigenvalue weighted by molar-refractivity contribution is 0.101. The third-order valence-corrected chi connectivity index (χ3v) is 4.87. The highest BCUT2D eigenvalue weighted by molar-refractivity contribution is 7.89. The number of pyridine rings is 1. The molecule has 106 valence electrons. The maximum Gasteiger partial charge on any atom is 0.212 e. The van der Waals surface area contributed by atoms with Gasteiger partial charge in [-0.3, -0.25) is 4.98 Å². The summed E-state index contributed by atoms with van der Waals surface area (Å²) in [5.74, 6) is 0.0419. The molecule has 0 saturated heterocycles. The van der Waals surface area contributed by atoms with Crippen LogP contribution in [-0.4, -0.2) is 36.4 Å². The zero-order valence-electron chi connectivity index (χ0n) is 10.8. The molecular formula is C13H20N2O3S. The first kappa shape index (κ1) is 14.4. The van der Waals surface area contributed by atoms with Gasteiger partial charge in [0.15, 0.2) is 0 Å². The highest BCUT2D eigenvalue weighted by atomic mass is 32.2. The average molecular weight is 284 g/mol. The van der Waals surface area contributed by atoms with Crippen molar-refractivity contribution in [1.82, 2.24) is 9.71 Å². The molecule has 19 heavy (non-hydrogen) atoms. The molecule has 0 radical (unpaired) electrons. The molecule has 2 rings (SSSR count). The Balaban J connectivity index is 1.88. The van der Waals surface area contributed by atoms with E-state index in [2.05, 4.69) is 9.71 Å². The molecule has 5 nitrogen and oxygen atoms in total. The molecule has 1 heterocycles. The first-order valence-electron chi connectivity index (χ1n) is 6.64. The van der Waals surface area contributed by atoms with Crippen LogP contribution in [0.4, 0.5) is 0 Å². The summed E-state index contributed by atoms with van der Waals surface area (Å²) >= 11 is 0. The Morgan fingerprint density at radius 1 is 1.26 bits per heavy atom. The van der Waals surface area contributed by atoms with Crippen LogP contribution in [0.25, 0.3) is 0 Å². The van der Waals surface area contributed by atoms with E-state index >= 15 is 0 Å². The van der Waals surface area contributed by atoms with Crippen LogP contribution >= 0.6 is 0 Å². The van der Waals surface area contributed by atoms with Crippen molar-refractivity contribution >= 4 is 10.0 Å². The van der Waals surface area contributed by atoms with Crippen LogP contribution in [0.1, 0.15) is 31.2 Å². The standard InChI is InChI=1S/C13H20N2O3S/c16-13-4-2-1-3-12(13)15-19(17,18)10-7-11-5-8-14-9-6-11/h5-6,8-9,12-13,15-16H,1-4,7,10H2/t12-,13-/m0/s1. The number of aliphatic hydroxyl groups excluding tert-OH is 1. The molecule has 1 aromatic rings. The van der Waals surface area contributed by atoms with E-state index in [-0.39, 0.29) is 11.8 Å². The third kappa shape index (κ3) is 4.56. The van der Waals surface area contributed by atoms with Crippen LogP contribution in [0.5, 0.6) is 0 Å². The third-order valence-electron chi connectivity index (χ3n) is 3.47. The zero-order chi connectivity index (χ0) is 13.7. The predicted octanol–water partition coefficient (Wildman–Crippen LogP) is 0.847. The van der Waals surface area contributed by atoms with Gasteiger partial charge in [-0.25, -0.2) is 13.1 Å². The molecule has 0 amide bonds. The van der Waals surface area contributed by atoms with Gasteiger partial charge in [-0.05, 0) is 37.0 Å². The molecule has 1 aromatic heterocycles. The van der Waals surface area contributed by atoms with Crippen molar-refractivity contribution in [2.75, 3.05) is 5.75 Å². The van der Waals surface area contributed by atoms with Crippen molar-refractivity contribution in [3.05, 3.63) is 30.1 Å². The Hall–Kier alpha value is -0.980. The number of nitrogens with one attached hydrogen (secondary N) is 1. The van der Waals surface area contributed by atoms with Crippen LogP contribution in [0, 0.1) is 0 Å². The van der Waals surface area contributed by atoms with Crippen LogP contribution in [-0.2, 0) is 16.4 Å². The molecule has 0 aromatic carbocycles. The number of hydrogen-bond donors (Lipinski definition) is 2. The smallest absolute Gasteiger partial charge is 0.212 e. The van der Waals surface area contributed by atoms with Gasteiger partial charge in [0.25, 0.3) is 0 Å². The molecule has 0 unspecified atom stereocenters. The highest BCUT2D eigenvalue weighted by Crippen LogP contribution is 2.19. The Morgan fingerprint density at radius 3 is 2.63 bits per heavy atom. The lowest BCUT2D eigenvalue weighted by atomic mass is 9.93. The maximum absolute atomic E-state index is 12.0. The van der Waals surface area contributed by atoms with Crippen molar-refractivity contribution < 1.29 is 13.5 Å². The van der Waals surface area contributed by atoms with E-state index in [1.54, 1.807) is 12.4 Å². The lowest BCUT2D eigenvalue weighted by Gasteiger charge is -2.28. The van der Waals surface area contributed by atoms with Crippen LogP contribution in [0.3, 0.4) is 0 Å². The normalized spacial score (nSPS) is 24.3. The number of aliphatic hydroxyl groups is 1. The molecule has 1 fully saturated rings. The fourth-order valence-electron chi connectivity index (χ4n) is 2.34. The minimum atomic E-state index is -3.34. The molecule has 2 atom stereocenters. The van der Waals surface area contributed by atoms with Gasteiger partial charge in [-0.2, -0.15) is 0 Å². The van der Waals surface area contributed by atoms with Gasteiger partial charge in [-0.1, -0.05) is 12.8 Å². The molecule has 2 N–H and O–H groups in total. The molecule has 1 aliphatic carbocycles. The number of hydrogen-bond acceptors (Lipinski definition) is 4.